The summed E-state index contributed by atoms with van der Waals surface area (Å²) in [6.07, 6.45) is 1.74. The maximum absolute atomic E-state index is 11.2. The molecule has 0 aliphatic carbocycles. The smallest absolute Gasteiger partial charge is 0.334 e. The molecule has 0 amide bonds. The third kappa shape index (κ3) is 3.40. The molecule has 0 saturated carbocycles. The monoisotopic (exact) mass is 311 g/mol. The molecule has 2 rings (SSSR count). The van der Waals surface area contributed by atoms with Crippen LogP contribution in [0.3, 0.4) is 0 Å². The predicted molar refractivity (Wildman–Crippen MR) is 77.2 cm³/mol. The second kappa shape index (κ2) is 6.59. The van der Waals surface area contributed by atoms with Crippen molar-refractivity contribution in [3.63, 3.8) is 0 Å². The average molecular weight is 312 g/mol. The molecule has 1 aromatic carbocycles. The van der Waals surface area contributed by atoms with Crippen LogP contribution in [0.15, 0.2) is 46.2 Å². The van der Waals surface area contributed by atoms with Crippen LogP contribution in [-0.4, -0.2) is 11.7 Å². The van der Waals surface area contributed by atoms with Crippen molar-refractivity contribution in [2.24, 2.45) is 5.16 Å². The lowest BCUT2D eigenvalue weighted by Crippen LogP contribution is -2.06. The van der Waals surface area contributed by atoms with E-state index in [0.29, 0.717) is 27.1 Å². The van der Waals surface area contributed by atoms with Crippen molar-refractivity contribution in [2.45, 2.75) is 13.3 Å². The molecule has 0 atom stereocenters. The molecule has 0 aliphatic heterocycles. The summed E-state index contributed by atoms with van der Waals surface area (Å²) < 4.78 is 5.29. The lowest BCUT2D eigenvalue weighted by Gasteiger charge is -2.05. The van der Waals surface area contributed by atoms with Gasteiger partial charge in [-0.05, 0) is 24.3 Å². The number of hydrogen-bond acceptors (Lipinski definition) is 4. The van der Waals surface area contributed by atoms with E-state index in [0.717, 1.165) is 0 Å². The minimum absolute atomic E-state index is 0.232. The molecule has 0 aliphatic rings. The second-order valence-electron chi connectivity index (χ2n) is 3.86. The van der Waals surface area contributed by atoms with E-state index in [1.54, 1.807) is 37.3 Å². The number of carbonyl (C=O) groups is 1. The van der Waals surface area contributed by atoms with Crippen LogP contribution in [0.25, 0.3) is 0 Å². The summed E-state index contributed by atoms with van der Waals surface area (Å²) in [5.41, 5.74) is 1.01. The van der Waals surface area contributed by atoms with Crippen molar-refractivity contribution in [1.29, 1.82) is 0 Å². The number of halogens is 2. The maximum atomic E-state index is 11.2. The molecule has 0 fully saturated rings. The van der Waals surface area contributed by atoms with E-state index < -0.39 is 5.97 Å². The van der Waals surface area contributed by atoms with E-state index in [-0.39, 0.29) is 6.42 Å². The predicted octanol–water partition coefficient (Wildman–Crippen LogP) is 4.29. The van der Waals surface area contributed by atoms with Gasteiger partial charge >= 0.3 is 5.97 Å². The van der Waals surface area contributed by atoms with Gasteiger partial charge in [-0.25, -0.2) is 4.79 Å². The van der Waals surface area contributed by atoms with Gasteiger partial charge < -0.3 is 9.25 Å². The van der Waals surface area contributed by atoms with E-state index in [2.05, 4.69) is 5.16 Å². The fraction of sp³-hybridized carbons (Fsp3) is 0.143. The zero-order chi connectivity index (χ0) is 14.5. The van der Waals surface area contributed by atoms with Crippen molar-refractivity contribution in [2.75, 3.05) is 0 Å². The van der Waals surface area contributed by atoms with E-state index in [1.807, 2.05) is 0 Å². The Labute approximate surface area is 125 Å². The van der Waals surface area contributed by atoms with E-state index in [1.165, 1.54) is 6.26 Å². The van der Waals surface area contributed by atoms with Gasteiger partial charge in [-0.3, -0.25) is 0 Å². The molecular weight excluding hydrogens is 301 g/mol. The number of furan rings is 1. The summed E-state index contributed by atoms with van der Waals surface area (Å²) in [7, 11) is 0. The fourth-order valence-corrected chi connectivity index (χ4v) is 1.76. The highest BCUT2D eigenvalue weighted by Gasteiger charge is 2.13. The summed E-state index contributed by atoms with van der Waals surface area (Å²) >= 11 is 11.9. The van der Waals surface area contributed by atoms with Crippen molar-refractivity contribution in [1.82, 2.24) is 0 Å². The number of rotatable bonds is 4. The molecule has 1 heterocycles. The van der Waals surface area contributed by atoms with Crippen molar-refractivity contribution in [3.05, 3.63) is 58.0 Å². The molecule has 0 unspecified atom stereocenters. The Hall–Kier alpha value is -1.78. The number of oxime groups is 1. The quantitative estimate of drug-likeness (QED) is 0.481. The molecule has 6 heteroatoms. The van der Waals surface area contributed by atoms with Crippen LogP contribution in [0.2, 0.25) is 10.0 Å². The average Bonchev–Trinajstić information content (AvgIpc) is 2.96. The van der Waals surface area contributed by atoms with Gasteiger partial charge in [0.05, 0.1) is 16.3 Å². The zero-order valence-corrected chi connectivity index (χ0v) is 12.1. The van der Waals surface area contributed by atoms with Crippen LogP contribution in [0, 0.1) is 0 Å². The maximum Gasteiger partial charge on any atom is 0.334 e. The molecule has 0 N–H and O–H groups in total. The molecule has 20 heavy (non-hydrogen) atoms. The van der Waals surface area contributed by atoms with Crippen LogP contribution < -0.4 is 0 Å². The summed E-state index contributed by atoms with van der Waals surface area (Å²) in [5, 5.41) is 4.66. The van der Waals surface area contributed by atoms with Gasteiger partial charge in [0.1, 0.15) is 0 Å². The minimum atomic E-state index is -0.436. The summed E-state index contributed by atoms with van der Waals surface area (Å²) in [5.74, 6) is 0.0291. The normalized spacial score (nSPS) is 11.4. The third-order valence-electron chi connectivity index (χ3n) is 2.48. The van der Waals surface area contributed by atoms with Crippen LogP contribution in [-0.2, 0) is 9.63 Å². The van der Waals surface area contributed by atoms with Crippen LogP contribution >= 0.6 is 23.2 Å². The number of nitrogens with zero attached hydrogens (tertiary/aromatic N) is 1. The first kappa shape index (κ1) is 14.6. The van der Waals surface area contributed by atoms with Gasteiger partial charge in [0.15, 0.2) is 11.5 Å². The molecule has 104 valence electrons. The second-order valence-corrected chi connectivity index (χ2v) is 4.68. The van der Waals surface area contributed by atoms with Gasteiger partial charge in [0.2, 0.25) is 0 Å². The van der Waals surface area contributed by atoms with E-state index in [4.69, 9.17) is 32.5 Å². The summed E-state index contributed by atoms with van der Waals surface area (Å²) in [6, 6.07) is 8.41. The van der Waals surface area contributed by atoms with Gasteiger partial charge in [-0.1, -0.05) is 41.3 Å². The Morgan fingerprint density at radius 3 is 2.70 bits per heavy atom. The number of benzene rings is 1. The Bertz CT molecular complexity index is 636. The van der Waals surface area contributed by atoms with Crippen LogP contribution in [0.5, 0.6) is 0 Å². The van der Waals surface area contributed by atoms with Gasteiger partial charge in [-0.15, -0.1) is 0 Å². The number of hydrogen-bond donors (Lipinski definition) is 0. The van der Waals surface area contributed by atoms with E-state index >= 15 is 0 Å². The van der Waals surface area contributed by atoms with Gasteiger partial charge in [0.25, 0.3) is 0 Å². The van der Waals surface area contributed by atoms with Crippen molar-refractivity contribution < 1.29 is 14.0 Å². The molecular formula is C14H11Cl2NO3. The first-order chi connectivity index (χ1) is 9.61. The highest BCUT2D eigenvalue weighted by molar-refractivity contribution is 6.42. The third-order valence-corrected chi connectivity index (χ3v) is 3.21. The van der Waals surface area contributed by atoms with E-state index in [9.17, 15) is 4.79 Å². The van der Waals surface area contributed by atoms with Gasteiger partial charge in [0, 0.05) is 12.0 Å². The number of carbonyl (C=O) groups excluding carboxylic acids is 1. The highest BCUT2D eigenvalue weighted by Crippen LogP contribution is 2.24. The summed E-state index contributed by atoms with van der Waals surface area (Å²) in [6.45, 7) is 1.68. The molecule has 0 saturated heterocycles. The molecule has 1 aromatic heterocycles. The molecule has 0 radical (unpaired) electrons. The fourth-order valence-electron chi connectivity index (χ4n) is 1.46. The lowest BCUT2D eigenvalue weighted by atomic mass is 10.1. The highest BCUT2D eigenvalue weighted by atomic mass is 35.5. The van der Waals surface area contributed by atoms with Crippen LogP contribution in [0.4, 0.5) is 0 Å². The summed E-state index contributed by atoms with van der Waals surface area (Å²) in [4.78, 5) is 16.0. The molecule has 0 bridgehead atoms. The van der Waals surface area contributed by atoms with Crippen molar-refractivity contribution >= 4 is 34.9 Å². The Morgan fingerprint density at radius 1 is 1.30 bits per heavy atom. The molecule has 0 spiro atoms. The zero-order valence-electron chi connectivity index (χ0n) is 10.6. The van der Waals surface area contributed by atoms with Crippen LogP contribution in [0.1, 0.15) is 24.7 Å². The molecule has 2 aromatic rings. The first-order valence-electron chi connectivity index (χ1n) is 5.89. The molecule has 4 nitrogen and oxygen atoms in total. The van der Waals surface area contributed by atoms with Crippen molar-refractivity contribution in [3.8, 4) is 0 Å². The topological polar surface area (TPSA) is 51.8 Å². The lowest BCUT2D eigenvalue weighted by molar-refractivity contribution is -0.143. The minimum Gasteiger partial charge on any atom is -0.463 e. The standard InChI is InChI=1S/C14H11Cl2NO3/c1-2-13(18)20-17-14(12-4-3-7-19-12)9-5-6-10(15)11(16)8-9/h3-8H,2H2,1H3/b17-14-. The first-order valence-corrected chi connectivity index (χ1v) is 6.64. The Kier molecular flexibility index (Phi) is 4.82. The Balaban J connectivity index is 2.41. The van der Waals surface area contributed by atoms with Gasteiger partial charge in [-0.2, -0.15) is 0 Å². The Morgan fingerprint density at radius 2 is 2.10 bits per heavy atom. The largest absolute Gasteiger partial charge is 0.463 e. The SMILES string of the molecule is CCC(=O)O/N=C(/c1ccc(Cl)c(Cl)c1)c1ccco1.